The number of nitrogens with zero attached hydrogens (tertiary/aromatic N) is 2. The molecule has 3 aliphatic heterocycles. The van der Waals surface area contributed by atoms with Gasteiger partial charge in [-0.2, -0.15) is 0 Å². The molecule has 5 nitrogen and oxygen atoms in total. The lowest BCUT2D eigenvalue weighted by Gasteiger charge is -2.39. The normalized spacial score (nSPS) is 33.5. The second kappa shape index (κ2) is 6.41. The Balaban J connectivity index is 1.63. The molecule has 1 amide bonds. The van der Waals surface area contributed by atoms with Crippen molar-refractivity contribution in [1.82, 2.24) is 15.1 Å². The first-order valence-electron chi connectivity index (χ1n) is 8.12. The molecule has 3 heterocycles. The Morgan fingerprint density at radius 1 is 1.20 bits per heavy atom. The van der Waals surface area contributed by atoms with Gasteiger partial charge in [-0.15, -0.1) is 0 Å². The summed E-state index contributed by atoms with van der Waals surface area (Å²) in [6.45, 7) is 7.55. The molecular formula is C15H27N3O2. The number of ether oxygens (including phenoxy) is 1. The number of piperidine rings is 1. The first kappa shape index (κ1) is 14.3. The van der Waals surface area contributed by atoms with Gasteiger partial charge < -0.3 is 15.0 Å². The molecule has 0 aromatic heterocycles. The third-order valence-corrected chi connectivity index (χ3v) is 4.91. The largest absolute Gasteiger partial charge is 0.375 e. The van der Waals surface area contributed by atoms with Crippen molar-refractivity contribution >= 4 is 5.91 Å². The number of likely N-dealkylation sites (tertiary alicyclic amines) is 1. The maximum Gasteiger partial charge on any atom is 0.240 e. The molecule has 3 rings (SSSR count). The molecule has 2 atom stereocenters. The Morgan fingerprint density at radius 2 is 2.00 bits per heavy atom. The van der Waals surface area contributed by atoms with Gasteiger partial charge in [0.15, 0.2) is 0 Å². The fraction of sp³-hybridized carbons (Fsp3) is 0.933. The van der Waals surface area contributed by atoms with Gasteiger partial charge in [-0.25, -0.2) is 0 Å². The predicted molar refractivity (Wildman–Crippen MR) is 77.6 cm³/mol. The zero-order valence-electron chi connectivity index (χ0n) is 12.5. The highest BCUT2D eigenvalue weighted by molar-refractivity contribution is 5.82. The predicted octanol–water partition coefficient (Wildman–Crippen LogP) is 0.450. The van der Waals surface area contributed by atoms with Gasteiger partial charge in [0.1, 0.15) is 0 Å². The number of carbonyl (C=O) groups is 1. The van der Waals surface area contributed by atoms with Crippen LogP contribution in [-0.4, -0.2) is 73.2 Å². The van der Waals surface area contributed by atoms with Gasteiger partial charge >= 0.3 is 0 Å². The number of rotatable bonds is 2. The van der Waals surface area contributed by atoms with E-state index >= 15 is 0 Å². The quantitative estimate of drug-likeness (QED) is 0.798. The molecule has 2 unspecified atom stereocenters. The van der Waals surface area contributed by atoms with Crippen LogP contribution in [0.15, 0.2) is 0 Å². The van der Waals surface area contributed by atoms with Crippen LogP contribution in [0, 0.1) is 0 Å². The average molecular weight is 281 g/mol. The molecule has 0 aromatic rings. The highest BCUT2D eigenvalue weighted by atomic mass is 16.5. The van der Waals surface area contributed by atoms with Crippen LogP contribution in [0.3, 0.4) is 0 Å². The second-order valence-corrected chi connectivity index (χ2v) is 6.34. The van der Waals surface area contributed by atoms with Crippen molar-refractivity contribution in [3.8, 4) is 0 Å². The van der Waals surface area contributed by atoms with Gasteiger partial charge in [0.2, 0.25) is 5.91 Å². The topological polar surface area (TPSA) is 44.8 Å². The molecule has 1 N–H and O–H groups in total. The number of hydrogen-bond donors (Lipinski definition) is 1. The van der Waals surface area contributed by atoms with Crippen LogP contribution in [0.25, 0.3) is 0 Å². The van der Waals surface area contributed by atoms with Crippen LogP contribution in [0.2, 0.25) is 0 Å². The van der Waals surface area contributed by atoms with Gasteiger partial charge in [-0.3, -0.25) is 9.69 Å². The maximum absolute atomic E-state index is 12.8. The molecule has 0 saturated carbocycles. The first-order valence-corrected chi connectivity index (χ1v) is 8.12. The van der Waals surface area contributed by atoms with E-state index in [1.807, 2.05) is 4.90 Å². The third kappa shape index (κ3) is 3.00. The fourth-order valence-corrected chi connectivity index (χ4v) is 3.86. The SMILES string of the molecule is CC1CN(C(=O)C2CCCN2C2CCNCC2)CCO1. The van der Waals surface area contributed by atoms with Gasteiger partial charge in [0.05, 0.1) is 18.8 Å². The van der Waals surface area contributed by atoms with E-state index < -0.39 is 0 Å². The summed E-state index contributed by atoms with van der Waals surface area (Å²) < 4.78 is 5.55. The molecule has 0 aliphatic carbocycles. The number of nitrogens with one attached hydrogen (secondary N) is 1. The van der Waals surface area contributed by atoms with Crippen molar-refractivity contribution in [1.29, 1.82) is 0 Å². The van der Waals surface area contributed by atoms with Gasteiger partial charge in [0, 0.05) is 19.1 Å². The van der Waals surface area contributed by atoms with E-state index in [0.717, 1.165) is 39.1 Å². The molecule has 3 aliphatic rings. The van der Waals surface area contributed by atoms with Crippen LogP contribution in [0.4, 0.5) is 0 Å². The lowest BCUT2D eigenvalue weighted by Crippen LogP contribution is -2.54. The Hall–Kier alpha value is -0.650. The van der Waals surface area contributed by atoms with Crippen LogP contribution in [0.5, 0.6) is 0 Å². The smallest absolute Gasteiger partial charge is 0.240 e. The van der Waals surface area contributed by atoms with Crippen LogP contribution >= 0.6 is 0 Å². The van der Waals surface area contributed by atoms with E-state index in [0.29, 0.717) is 18.6 Å². The summed E-state index contributed by atoms with van der Waals surface area (Å²) in [5, 5.41) is 3.41. The summed E-state index contributed by atoms with van der Waals surface area (Å²) in [4.78, 5) is 17.3. The molecule has 114 valence electrons. The average Bonchev–Trinajstić information content (AvgIpc) is 2.97. The van der Waals surface area contributed by atoms with Crippen molar-refractivity contribution in [3.05, 3.63) is 0 Å². The molecule has 20 heavy (non-hydrogen) atoms. The van der Waals surface area contributed by atoms with E-state index in [1.165, 1.54) is 19.3 Å². The van der Waals surface area contributed by atoms with Gasteiger partial charge in [-0.05, 0) is 52.2 Å². The fourth-order valence-electron chi connectivity index (χ4n) is 3.86. The zero-order chi connectivity index (χ0) is 13.9. The Bertz CT molecular complexity index is 344. The summed E-state index contributed by atoms with van der Waals surface area (Å²) in [5.74, 6) is 0.344. The molecule has 0 aromatic carbocycles. The molecule has 3 fully saturated rings. The van der Waals surface area contributed by atoms with Crippen molar-refractivity contribution in [3.63, 3.8) is 0 Å². The molecule has 5 heteroatoms. The van der Waals surface area contributed by atoms with E-state index in [1.54, 1.807) is 0 Å². The van der Waals surface area contributed by atoms with Gasteiger partial charge in [-0.1, -0.05) is 0 Å². The van der Waals surface area contributed by atoms with E-state index in [-0.39, 0.29) is 12.1 Å². The summed E-state index contributed by atoms with van der Waals surface area (Å²) in [6, 6.07) is 0.731. The van der Waals surface area contributed by atoms with Crippen LogP contribution in [0.1, 0.15) is 32.6 Å². The summed E-state index contributed by atoms with van der Waals surface area (Å²) >= 11 is 0. The number of amides is 1. The van der Waals surface area contributed by atoms with E-state index in [4.69, 9.17) is 4.74 Å². The molecule has 0 bridgehead atoms. The van der Waals surface area contributed by atoms with Crippen molar-refractivity contribution in [2.45, 2.75) is 50.8 Å². The summed E-state index contributed by atoms with van der Waals surface area (Å²) in [5.41, 5.74) is 0. The van der Waals surface area contributed by atoms with Gasteiger partial charge in [0.25, 0.3) is 0 Å². The first-order chi connectivity index (χ1) is 9.75. The van der Waals surface area contributed by atoms with E-state index in [9.17, 15) is 4.79 Å². The molecule has 0 spiro atoms. The van der Waals surface area contributed by atoms with Crippen LogP contribution < -0.4 is 5.32 Å². The minimum atomic E-state index is 0.128. The molecular weight excluding hydrogens is 254 g/mol. The Kier molecular flexibility index (Phi) is 4.58. The lowest BCUT2D eigenvalue weighted by atomic mass is 10.0. The van der Waals surface area contributed by atoms with Crippen LogP contribution in [-0.2, 0) is 9.53 Å². The van der Waals surface area contributed by atoms with Crippen molar-refractivity contribution < 1.29 is 9.53 Å². The summed E-state index contributed by atoms with van der Waals surface area (Å²) in [7, 11) is 0. The summed E-state index contributed by atoms with van der Waals surface area (Å²) in [6.07, 6.45) is 4.75. The van der Waals surface area contributed by atoms with Crippen molar-refractivity contribution in [2.75, 3.05) is 39.3 Å². The van der Waals surface area contributed by atoms with E-state index in [2.05, 4.69) is 17.1 Å². The Morgan fingerprint density at radius 3 is 2.75 bits per heavy atom. The molecule has 0 radical (unpaired) electrons. The van der Waals surface area contributed by atoms with Crippen molar-refractivity contribution in [2.24, 2.45) is 0 Å². The molecule has 3 saturated heterocycles. The Labute approximate surface area is 121 Å². The highest BCUT2D eigenvalue weighted by Crippen LogP contribution is 2.26. The highest BCUT2D eigenvalue weighted by Gasteiger charge is 2.38. The minimum absolute atomic E-state index is 0.128. The lowest BCUT2D eigenvalue weighted by molar-refractivity contribution is -0.143. The standard InChI is InChI=1S/C15H27N3O2/c1-12-11-17(9-10-20-12)15(19)14-3-2-8-18(14)13-4-6-16-7-5-13/h12-14,16H,2-11H2,1H3. The number of hydrogen-bond acceptors (Lipinski definition) is 4. The monoisotopic (exact) mass is 281 g/mol. The zero-order valence-corrected chi connectivity index (χ0v) is 12.5. The number of morpholine rings is 1. The number of carbonyl (C=O) groups excluding carboxylic acids is 1. The minimum Gasteiger partial charge on any atom is -0.375 e. The third-order valence-electron chi connectivity index (χ3n) is 4.91. The maximum atomic E-state index is 12.8. The second-order valence-electron chi connectivity index (χ2n) is 6.34.